The Balaban J connectivity index is 3.26. The highest BCUT2D eigenvalue weighted by molar-refractivity contribution is 5.69. The fourth-order valence-electron chi connectivity index (χ4n) is 1.10. The summed E-state index contributed by atoms with van der Waals surface area (Å²) in [5, 5.41) is 12.1. The first-order valence-corrected chi connectivity index (χ1v) is 5.68. The average molecular weight is 248 g/mol. The van der Waals surface area contributed by atoms with Crippen LogP contribution in [0.5, 0.6) is 0 Å². The Bertz CT molecular complexity index is 233. The van der Waals surface area contributed by atoms with Gasteiger partial charge in [-0.3, -0.25) is 4.79 Å². The smallest absolute Gasteiger partial charge is 0.305 e. The lowest BCUT2D eigenvalue weighted by atomic mass is 10.2. The topological polar surface area (TPSA) is 90.7 Å². The highest BCUT2D eigenvalue weighted by atomic mass is 16.9. The fraction of sp³-hybridized carbons (Fsp3) is 0.900. The van der Waals surface area contributed by atoms with Crippen molar-refractivity contribution in [1.29, 1.82) is 0 Å². The van der Waals surface area contributed by atoms with Gasteiger partial charge >= 0.3 is 5.97 Å². The molecule has 0 amide bonds. The SMILES string of the molecule is CC(C)NCCOC(=O)CCCCO[N+](=O)[O-]. The van der Waals surface area contributed by atoms with Gasteiger partial charge in [0, 0.05) is 19.0 Å². The summed E-state index contributed by atoms with van der Waals surface area (Å²) in [4.78, 5) is 25.1. The minimum atomic E-state index is -0.837. The molecular weight excluding hydrogens is 228 g/mol. The van der Waals surface area contributed by atoms with Crippen LogP contribution < -0.4 is 5.32 Å². The third-order valence-corrected chi connectivity index (χ3v) is 1.89. The van der Waals surface area contributed by atoms with Gasteiger partial charge in [0.1, 0.15) is 6.61 Å². The molecular formula is C10H20N2O5. The van der Waals surface area contributed by atoms with E-state index < -0.39 is 5.09 Å². The second-order valence-electron chi connectivity index (χ2n) is 3.84. The van der Waals surface area contributed by atoms with Gasteiger partial charge in [-0.1, -0.05) is 13.8 Å². The van der Waals surface area contributed by atoms with Gasteiger partial charge in [-0.05, 0) is 12.8 Å². The van der Waals surface area contributed by atoms with Crippen LogP contribution in [0.2, 0.25) is 0 Å². The standard InChI is InChI=1S/C10H20N2O5/c1-9(2)11-6-8-16-10(13)5-3-4-7-17-12(14)15/h9,11H,3-8H2,1-2H3. The number of nitrogens with one attached hydrogen (secondary N) is 1. The molecule has 7 nitrogen and oxygen atoms in total. The molecule has 0 bridgehead atoms. The number of hydrogen-bond donors (Lipinski definition) is 1. The van der Waals surface area contributed by atoms with E-state index in [1.807, 2.05) is 13.8 Å². The molecule has 0 aliphatic carbocycles. The van der Waals surface area contributed by atoms with Crippen LogP contribution in [-0.4, -0.2) is 36.9 Å². The summed E-state index contributed by atoms with van der Waals surface area (Å²) in [6.45, 7) is 5.03. The Hall–Kier alpha value is -1.37. The van der Waals surface area contributed by atoms with E-state index in [1.54, 1.807) is 0 Å². The molecule has 7 heteroatoms. The monoisotopic (exact) mass is 248 g/mol. The first kappa shape index (κ1) is 15.6. The van der Waals surface area contributed by atoms with Crippen molar-refractivity contribution in [2.24, 2.45) is 0 Å². The number of carbonyl (C=O) groups is 1. The molecule has 100 valence electrons. The summed E-state index contributed by atoms with van der Waals surface area (Å²) in [6.07, 6.45) is 1.27. The molecule has 0 saturated carbocycles. The van der Waals surface area contributed by atoms with Gasteiger partial charge in [0.25, 0.3) is 5.09 Å². The van der Waals surface area contributed by atoms with Crippen LogP contribution in [0.1, 0.15) is 33.1 Å². The molecule has 0 aliphatic rings. The van der Waals surface area contributed by atoms with Gasteiger partial charge in [0.2, 0.25) is 0 Å². The van der Waals surface area contributed by atoms with Crippen molar-refractivity contribution in [3.05, 3.63) is 10.1 Å². The van der Waals surface area contributed by atoms with Crippen LogP contribution >= 0.6 is 0 Å². The van der Waals surface area contributed by atoms with E-state index in [0.717, 1.165) is 0 Å². The van der Waals surface area contributed by atoms with Crippen molar-refractivity contribution in [3.8, 4) is 0 Å². The number of carbonyl (C=O) groups excluding carboxylic acids is 1. The van der Waals surface area contributed by atoms with Crippen molar-refractivity contribution in [3.63, 3.8) is 0 Å². The maximum atomic E-state index is 11.2. The predicted molar refractivity (Wildman–Crippen MR) is 60.9 cm³/mol. The quantitative estimate of drug-likeness (QED) is 0.267. The van der Waals surface area contributed by atoms with Crippen LogP contribution in [-0.2, 0) is 14.4 Å². The van der Waals surface area contributed by atoms with Gasteiger partial charge in [-0.2, -0.15) is 0 Å². The fourth-order valence-corrected chi connectivity index (χ4v) is 1.10. The second kappa shape index (κ2) is 9.83. The van der Waals surface area contributed by atoms with E-state index in [-0.39, 0.29) is 19.0 Å². The summed E-state index contributed by atoms with van der Waals surface area (Å²) < 4.78 is 4.94. The summed E-state index contributed by atoms with van der Waals surface area (Å²) in [5.41, 5.74) is 0. The zero-order valence-electron chi connectivity index (χ0n) is 10.3. The molecule has 0 aromatic heterocycles. The maximum absolute atomic E-state index is 11.2. The van der Waals surface area contributed by atoms with E-state index >= 15 is 0 Å². The molecule has 17 heavy (non-hydrogen) atoms. The van der Waals surface area contributed by atoms with E-state index in [1.165, 1.54) is 0 Å². The normalized spacial score (nSPS) is 10.3. The lowest BCUT2D eigenvalue weighted by molar-refractivity contribution is -0.757. The van der Waals surface area contributed by atoms with Crippen LogP contribution in [0.4, 0.5) is 0 Å². The summed E-state index contributed by atoms with van der Waals surface area (Å²) >= 11 is 0. The Morgan fingerprint density at radius 1 is 1.35 bits per heavy atom. The van der Waals surface area contributed by atoms with Crippen LogP contribution in [0.3, 0.4) is 0 Å². The Morgan fingerprint density at radius 3 is 2.65 bits per heavy atom. The molecule has 0 spiro atoms. The third kappa shape index (κ3) is 12.6. The second-order valence-corrected chi connectivity index (χ2v) is 3.84. The molecule has 0 unspecified atom stereocenters. The zero-order chi connectivity index (χ0) is 13.1. The third-order valence-electron chi connectivity index (χ3n) is 1.89. The van der Waals surface area contributed by atoms with Crippen molar-refractivity contribution < 1.29 is 19.5 Å². The minimum absolute atomic E-state index is 0.0230. The van der Waals surface area contributed by atoms with Gasteiger partial charge in [-0.25, -0.2) is 0 Å². The number of ether oxygens (including phenoxy) is 1. The molecule has 0 aromatic rings. The van der Waals surface area contributed by atoms with Gasteiger partial charge in [-0.15, -0.1) is 10.1 Å². The Morgan fingerprint density at radius 2 is 2.06 bits per heavy atom. The van der Waals surface area contributed by atoms with Crippen LogP contribution in [0.15, 0.2) is 0 Å². The largest absolute Gasteiger partial charge is 0.464 e. The van der Waals surface area contributed by atoms with Gasteiger partial charge in [0.15, 0.2) is 0 Å². The van der Waals surface area contributed by atoms with E-state index in [0.29, 0.717) is 32.0 Å². The molecule has 0 radical (unpaired) electrons. The van der Waals surface area contributed by atoms with E-state index in [9.17, 15) is 14.9 Å². The van der Waals surface area contributed by atoms with Crippen molar-refractivity contribution in [2.45, 2.75) is 39.2 Å². The number of esters is 1. The average Bonchev–Trinajstić information content (AvgIpc) is 2.23. The summed E-state index contributed by atoms with van der Waals surface area (Å²) in [5.74, 6) is -0.281. The molecule has 0 rings (SSSR count). The predicted octanol–water partition coefficient (Wildman–Crippen LogP) is 0.906. The Kier molecular flexibility index (Phi) is 9.04. The lowest BCUT2D eigenvalue weighted by Gasteiger charge is -2.08. The number of unbranched alkanes of at least 4 members (excludes halogenated alkanes) is 1. The van der Waals surface area contributed by atoms with Crippen molar-refractivity contribution in [2.75, 3.05) is 19.8 Å². The Labute approximate surface area is 101 Å². The first-order valence-electron chi connectivity index (χ1n) is 5.68. The molecule has 0 aliphatic heterocycles. The van der Waals surface area contributed by atoms with Gasteiger partial charge < -0.3 is 14.9 Å². The van der Waals surface area contributed by atoms with E-state index in [4.69, 9.17) is 4.74 Å². The van der Waals surface area contributed by atoms with Gasteiger partial charge in [0.05, 0.1) is 6.61 Å². The number of hydrogen-bond acceptors (Lipinski definition) is 6. The molecule has 0 aromatic carbocycles. The minimum Gasteiger partial charge on any atom is -0.464 e. The zero-order valence-corrected chi connectivity index (χ0v) is 10.3. The molecule has 0 fully saturated rings. The highest BCUT2D eigenvalue weighted by Gasteiger charge is 2.03. The van der Waals surface area contributed by atoms with Crippen molar-refractivity contribution >= 4 is 5.97 Å². The summed E-state index contributed by atoms with van der Waals surface area (Å²) in [7, 11) is 0. The maximum Gasteiger partial charge on any atom is 0.305 e. The highest BCUT2D eigenvalue weighted by Crippen LogP contribution is 1.98. The van der Waals surface area contributed by atoms with E-state index in [2.05, 4.69) is 10.2 Å². The first-order chi connectivity index (χ1) is 8.02. The lowest BCUT2D eigenvalue weighted by Crippen LogP contribution is -2.27. The molecule has 0 saturated heterocycles. The number of rotatable bonds is 10. The molecule has 0 heterocycles. The van der Waals surface area contributed by atoms with Crippen LogP contribution in [0.25, 0.3) is 0 Å². The molecule has 1 N–H and O–H groups in total. The van der Waals surface area contributed by atoms with Crippen molar-refractivity contribution in [1.82, 2.24) is 5.32 Å². The molecule has 0 atom stereocenters. The summed E-state index contributed by atoms with van der Waals surface area (Å²) in [6, 6.07) is 0.368. The van der Waals surface area contributed by atoms with Crippen LogP contribution in [0, 0.1) is 10.1 Å². The number of nitrogens with zero attached hydrogens (tertiary/aromatic N) is 1.